The van der Waals surface area contributed by atoms with Gasteiger partial charge >= 0.3 is 12.0 Å². The van der Waals surface area contributed by atoms with Crippen LogP contribution in [0.3, 0.4) is 0 Å². The summed E-state index contributed by atoms with van der Waals surface area (Å²) in [5.74, 6) is 0. The molecule has 0 fully saturated rings. The van der Waals surface area contributed by atoms with Crippen molar-refractivity contribution in [1.29, 1.82) is 0 Å². The molecule has 7 nitrogen and oxygen atoms in total. The van der Waals surface area contributed by atoms with Crippen LogP contribution in [-0.4, -0.2) is 31.3 Å². The number of ether oxygens (including phenoxy) is 1. The fourth-order valence-corrected chi connectivity index (χ4v) is 1.54. The summed E-state index contributed by atoms with van der Waals surface area (Å²) < 4.78 is 6.94. The van der Waals surface area contributed by atoms with Crippen LogP contribution in [0.5, 0.6) is 12.0 Å². The largest absolute Gasteiger partial charge is 0.387 e. The van der Waals surface area contributed by atoms with Gasteiger partial charge in [0.25, 0.3) is 0 Å². The monoisotopic (exact) mass is 262 g/mol. The summed E-state index contributed by atoms with van der Waals surface area (Å²) in [5.41, 5.74) is 1.96. The molecule has 0 bridgehead atoms. The van der Waals surface area contributed by atoms with Gasteiger partial charge in [0.1, 0.15) is 6.33 Å². The van der Waals surface area contributed by atoms with E-state index in [4.69, 9.17) is 4.74 Å². The quantitative estimate of drug-likeness (QED) is 0.788. The van der Waals surface area contributed by atoms with E-state index in [9.17, 15) is 0 Å². The van der Waals surface area contributed by atoms with Crippen LogP contribution in [0, 0.1) is 6.92 Å². The summed E-state index contributed by atoms with van der Waals surface area (Å²) in [5, 5.41) is 7.33. The van der Waals surface area contributed by atoms with Crippen molar-refractivity contribution in [1.82, 2.24) is 30.0 Å². The van der Waals surface area contributed by atoms with Crippen LogP contribution in [-0.2, 0) is 13.6 Å². The van der Waals surface area contributed by atoms with Crippen molar-refractivity contribution in [2.75, 3.05) is 6.54 Å². The Morgan fingerprint density at radius 1 is 1.32 bits per heavy atom. The molecule has 102 valence electrons. The van der Waals surface area contributed by atoms with Crippen molar-refractivity contribution in [3.8, 4) is 12.0 Å². The standard InChI is InChI=1S/C12H18N6O/c1-4-5-13-6-10-7-14-11(16-9(10)2)19-12-15-8-18(3)17-12/h7-8,13H,4-6H2,1-3H3. The number of hydrogen-bond donors (Lipinski definition) is 1. The molecule has 2 rings (SSSR count). The maximum absolute atomic E-state index is 5.37. The van der Waals surface area contributed by atoms with Crippen molar-refractivity contribution in [2.24, 2.45) is 7.05 Å². The van der Waals surface area contributed by atoms with Gasteiger partial charge in [-0.3, -0.25) is 4.68 Å². The second-order valence-corrected chi connectivity index (χ2v) is 4.24. The SMILES string of the molecule is CCCNCc1cnc(Oc2ncn(C)n2)nc1C. The number of hydrogen-bond acceptors (Lipinski definition) is 6. The lowest BCUT2D eigenvalue weighted by Crippen LogP contribution is -2.15. The smallest absolute Gasteiger partial charge is 0.343 e. The Labute approximate surface area is 112 Å². The lowest BCUT2D eigenvalue weighted by Gasteiger charge is -2.07. The molecule has 0 saturated carbocycles. The van der Waals surface area contributed by atoms with E-state index in [0.717, 1.165) is 30.8 Å². The van der Waals surface area contributed by atoms with E-state index in [1.807, 2.05) is 6.92 Å². The first-order valence-corrected chi connectivity index (χ1v) is 6.25. The first-order valence-electron chi connectivity index (χ1n) is 6.25. The third kappa shape index (κ3) is 3.72. The molecule has 2 aromatic rings. The first kappa shape index (κ1) is 13.4. The van der Waals surface area contributed by atoms with Gasteiger partial charge in [0.2, 0.25) is 0 Å². The molecule has 0 unspecified atom stereocenters. The van der Waals surface area contributed by atoms with Gasteiger partial charge in [0, 0.05) is 31.0 Å². The fraction of sp³-hybridized carbons (Fsp3) is 0.500. The molecule has 0 atom stereocenters. The topological polar surface area (TPSA) is 77.8 Å². The summed E-state index contributed by atoms with van der Waals surface area (Å²) in [4.78, 5) is 12.4. The van der Waals surface area contributed by atoms with E-state index in [2.05, 4.69) is 32.3 Å². The van der Waals surface area contributed by atoms with Crippen LogP contribution in [0.2, 0.25) is 0 Å². The third-order valence-electron chi connectivity index (χ3n) is 2.56. The summed E-state index contributed by atoms with van der Waals surface area (Å²) in [6, 6.07) is 0.515. The Bertz CT molecular complexity index is 539. The zero-order chi connectivity index (χ0) is 13.7. The minimum absolute atomic E-state index is 0.249. The molecular formula is C12H18N6O. The molecular weight excluding hydrogens is 244 g/mol. The van der Waals surface area contributed by atoms with E-state index in [-0.39, 0.29) is 12.0 Å². The van der Waals surface area contributed by atoms with Crippen LogP contribution in [0.15, 0.2) is 12.5 Å². The van der Waals surface area contributed by atoms with Crippen LogP contribution in [0.4, 0.5) is 0 Å². The molecule has 1 N–H and O–H groups in total. The van der Waals surface area contributed by atoms with Crippen molar-refractivity contribution < 1.29 is 4.74 Å². The maximum atomic E-state index is 5.37. The van der Waals surface area contributed by atoms with Gasteiger partial charge in [-0.25, -0.2) is 4.98 Å². The van der Waals surface area contributed by atoms with Gasteiger partial charge in [-0.2, -0.15) is 9.97 Å². The van der Waals surface area contributed by atoms with Crippen LogP contribution in [0.25, 0.3) is 0 Å². The molecule has 0 aliphatic carbocycles. The predicted molar refractivity (Wildman–Crippen MR) is 69.8 cm³/mol. The zero-order valence-corrected chi connectivity index (χ0v) is 11.4. The van der Waals surface area contributed by atoms with E-state index in [1.165, 1.54) is 0 Å². The normalized spacial score (nSPS) is 10.7. The second kappa shape index (κ2) is 6.24. The zero-order valence-electron chi connectivity index (χ0n) is 11.4. The van der Waals surface area contributed by atoms with Crippen molar-refractivity contribution in [3.05, 3.63) is 23.8 Å². The van der Waals surface area contributed by atoms with Gasteiger partial charge in [0.05, 0.1) is 0 Å². The van der Waals surface area contributed by atoms with Crippen LogP contribution < -0.4 is 10.1 Å². The third-order valence-corrected chi connectivity index (χ3v) is 2.56. The van der Waals surface area contributed by atoms with Gasteiger partial charge in [-0.15, -0.1) is 5.10 Å². The van der Waals surface area contributed by atoms with Crippen molar-refractivity contribution in [2.45, 2.75) is 26.8 Å². The van der Waals surface area contributed by atoms with Gasteiger partial charge in [-0.1, -0.05) is 6.92 Å². The summed E-state index contributed by atoms with van der Waals surface area (Å²) >= 11 is 0. The summed E-state index contributed by atoms with van der Waals surface area (Å²) in [6.45, 7) is 5.81. The second-order valence-electron chi connectivity index (χ2n) is 4.24. The number of aryl methyl sites for hydroxylation is 2. The lowest BCUT2D eigenvalue weighted by atomic mass is 10.2. The molecule has 0 aromatic carbocycles. The van der Waals surface area contributed by atoms with Crippen molar-refractivity contribution >= 4 is 0 Å². The molecule has 0 amide bonds. The minimum Gasteiger partial charge on any atom is -0.387 e. The highest BCUT2D eigenvalue weighted by molar-refractivity contribution is 5.18. The van der Waals surface area contributed by atoms with E-state index >= 15 is 0 Å². The molecule has 0 aliphatic heterocycles. The average Bonchev–Trinajstić information content (AvgIpc) is 2.78. The van der Waals surface area contributed by atoms with E-state index in [1.54, 1.807) is 24.3 Å². The Kier molecular flexibility index (Phi) is 4.40. The highest BCUT2D eigenvalue weighted by atomic mass is 16.5. The highest BCUT2D eigenvalue weighted by Gasteiger charge is 2.07. The number of aromatic nitrogens is 5. The number of nitrogens with one attached hydrogen (secondary N) is 1. The fourth-order valence-electron chi connectivity index (χ4n) is 1.54. The molecule has 0 radical (unpaired) electrons. The Morgan fingerprint density at radius 3 is 2.79 bits per heavy atom. The van der Waals surface area contributed by atoms with E-state index in [0.29, 0.717) is 0 Å². The predicted octanol–water partition coefficient (Wildman–Crippen LogP) is 1.21. The lowest BCUT2D eigenvalue weighted by molar-refractivity contribution is 0.402. The molecule has 19 heavy (non-hydrogen) atoms. The maximum Gasteiger partial charge on any atom is 0.343 e. The number of nitrogens with zero attached hydrogens (tertiary/aromatic N) is 5. The summed E-state index contributed by atoms with van der Waals surface area (Å²) in [6.07, 6.45) is 4.43. The molecule has 7 heteroatoms. The van der Waals surface area contributed by atoms with E-state index < -0.39 is 0 Å². The highest BCUT2D eigenvalue weighted by Crippen LogP contribution is 2.13. The number of rotatable bonds is 6. The molecule has 0 spiro atoms. The van der Waals surface area contributed by atoms with Gasteiger partial charge < -0.3 is 10.1 Å². The Hall–Kier alpha value is -2.02. The molecule has 2 aromatic heterocycles. The Balaban J connectivity index is 2.01. The van der Waals surface area contributed by atoms with Gasteiger partial charge in [0.15, 0.2) is 0 Å². The van der Waals surface area contributed by atoms with Crippen LogP contribution >= 0.6 is 0 Å². The first-order chi connectivity index (χ1) is 9.19. The van der Waals surface area contributed by atoms with Crippen molar-refractivity contribution in [3.63, 3.8) is 0 Å². The average molecular weight is 262 g/mol. The Morgan fingerprint density at radius 2 is 2.16 bits per heavy atom. The molecule has 0 saturated heterocycles. The van der Waals surface area contributed by atoms with Crippen LogP contribution in [0.1, 0.15) is 24.6 Å². The van der Waals surface area contributed by atoms with Gasteiger partial charge in [-0.05, 0) is 19.9 Å². The molecule has 2 heterocycles. The minimum atomic E-state index is 0.249. The summed E-state index contributed by atoms with van der Waals surface area (Å²) in [7, 11) is 1.77. The molecule has 0 aliphatic rings.